The highest BCUT2D eigenvalue weighted by atomic mass is 35.5. The van der Waals surface area contributed by atoms with Gasteiger partial charge in [-0.05, 0) is 24.3 Å². The molecule has 0 spiro atoms. The number of nitrogens with two attached hydrogens (primary N) is 1. The third-order valence-corrected chi connectivity index (χ3v) is 4.80. The predicted molar refractivity (Wildman–Crippen MR) is 128 cm³/mol. The van der Waals surface area contributed by atoms with Gasteiger partial charge in [0, 0.05) is 59.2 Å². The van der Waals surface area contributed by atoms with Gasteiger partial charge in [0.1, 0.15) is 19.0 Å². The minimum Gasteiger partial charge on any atom is -0.489 e. The molecule has 11 heteroatoms. The maximum absolute atomic E-state index is 10.5. The Morgan fingerprint density at radius 3 is 2.66 bits per heavy atom. The highest BCUT2D eigenvalue weighted by molar-refractivity contribution is 6.61. The van der Waals surface area contributed by atoms with E-state index in [9.17, 15) is 4.79 Å². The van der Waals surface area contributed by atoms with Gasteiger partial charge in [-0.2, -0.15) is 0 Å². The summed E-state index contributed by atoms with van der Waals surface area (Å²) in [7, 11) is 0. The van der Waals surface area contributed by atoms with Gasteiger partial charge >= 0.3 is 5.43 Å². The Bertz CT molecular complexity index is 1020. The number of carbonyl (C=O) groups is 1. The molecule has 1 aromatic heterocycles. The van der Waals surface area contributed by atoms with Gasteiger partial charge in [0.25, 0.3) is 0 Å². The molecular formula is C21H20Cl3N5O3. The lowest BCUT2D eigenvalue weighted by molar-refractivity contribution is 0.177. The summed E-state index contributed by atoms with van der Waals surface area (Å²) in [6.45, 7) is 0.381. The number of nitrogen functional groups attached to an aromatic ring is 1. The van der Waals surface area contributed by atoms with Gasteiger partial charge in [0.05, 0.1) is 22.3 Å². The van der Waals surface area contributed by atoms with Crippen LogP contribution >= 0.6 is 34.8 Å². The van der Waals surface area contributed by atoms with E-state index in [0.29, 0.717) is 32.6 Å². The van der Waals surface area contributed by atoms with Crippen molar-refractivity contribution in [3.05, 3.63) is 63.9 Å². The van der Waals surface area contributed by atoms with E-state index in [-0.39, 0.29) is 25.5 Å². The van der Waals surface area contributed by atoms with E-state index >= 15 is 0 Å². The third-order valence-electron chi connectivity index (χ3n) is 4.04. The summed E-state index contributed by atoms with van der Waals surface area (Å²) in [6.07, 6.45) is 8.77. The second kappa shape index (κ2) is 12.8. The molecule has 0 saturated carbocycles. The van der Waals surface area contributed by atoms with Crippen LogP contribution in [0.3, 0.4) is 0 Å². The number of nitrogens with one attached hydrogen (secondary N) is 2. The fourth-order valence-electron chi connectivity index (χ4n) is 2.41. The third kappa shape index (κ3) is 7.96. The number of hydrogen-bond donors (Lipinski definition) is 3. The van der Waals surface area contributed by atoms with Crippen molar-refractivity contribution in [3.8, 4) is 5.75 Å². The SMILES string of the molecule is N=CC(C=NCCOC(=O)Cl)/C=C/C(=N)c1cc(OCc2c(Cl)cncc2Cl)ccc1N. The molecule has 1 unspecified atom stereocenters. The van der Waals surface area contributed by atoms with Crippen molar-refractivity contribution >= 4 is 64.1 Å². The van der Waals surface area contributed by atoms with Crippen LogP contribution in [0, 0.1) is 16.7 Å². The van der Waals surface area contributed by atoms with Crippen LogP contribution in [0.25, 0.3) is 0 Å². The topological polar surface area (TPSA) is 134 Å². The minimum atomic E-state index is -0.895. The number of hydrogen-bond acceptors (Lipinski definition) is 8. The van der Waals surface area contributed by atoms with E-state index in [2.05, 4.69) is 14.7 Å². The maximum atomic E-state index is 10.5. The van der Waals surface area contributed by atoms with Gasteiger partial charge in [-0.15, -0.1) is 0 Å². The zero-order valence-electron chi connectivity index (χ0n) is 16.7. The first-order valence-electron chi connectivity index (χ1n) is 9.22. The lowest BCUT2D eigenvalue weighted by Gasteiger charge is -2.11. The molecule has 4 N–H and O–H groups in total. The first-order valence-corrected chi connectivity index (χ1v) is 10.3. The van der Waals surface area contributed by atoms with Crippen molar-refractivity contribution in [2.24, 2.45) is 10.9 Å². The van der Waals surface area contributed by atoms with Crippen LogP contribution in [0.2, 0.25) is 10.0 Å². The van der Waals surface area contributed by atoms with Crippen molar-refractivity contribution in [2.45, 2.75) is 6.61 Å². The fraction of sp³-hybridized carbons (Fsp3) is 0.190. The van der Waals surface area contributed by atoms with Crippen LogP contribution < -0.4 is 10.5 Å². The highest BCUT2D eigenvalue weighted by Crippen LogP contribution is 2.26. The number of carbonyl (C=O) groups excluding carboxylic acids is 1. The summed E-state index contributed by atoms with van der Waals surface area (Å²) >= 11 is 17.3. The normalized spacial score (nSPS) is 12.1. The zero-order chi connectivity index (χ0) is 23.5. The largest absolute Gasteiger partial charge is 0.489 e. The molecule has 0 aliphatic heterocycles. The molecule has 2 aromatic rings. The number of benzene rings is 1. The monoisotopic (exact) mass is 495 g/mol. The first-order chi connectivity index (χ1) is 15.3. The molecule has 0 amide bonds. The van der Waals surface area contributed by atoms with Gasteiger partial charge < -0.3 is 26.0 Å². The number of pyridine rings is 1. The Morgan fingerprint density at radius 1 is 1.28 bits per heavy atom. The van der Waals surface area contributed by atoms with Crippen LogP contribution in [-0.2, 0) is 11.3 Å². The average molecular weight is 497 g/mol. The van der Waals surface area contributed by atoms with Crippen molar-refractivity contribution in [1.29, 1.82) is 10.8 Å². The van der Waals surface area contributed by atoms with Crippen molar-refractivity contribution in [1.82, 2.24) is 4.98 Å². The molecule has 0 bridgehead atoms. The molecule has 2 rings (SSSR count). The molecule has 0 aliphatic rings. The molecule has 1 heterocycles. The standard InChI is InChI=1S/C21H20Cl3N5O3/c22-17-10-29-11-18(23)16(17)12-32-14-2-4-20(27)15(7-14)19(26)3-1-13(8-25)9-28-5-6-31-21(24)30/h1-4,7-11,13,25-26H,5-6,12,27H2/b3-1+,25-8?,26-19?,28-9?. The number of aromatic nitrogens is 1. The number of ether oxygens (including phenoxy) is 2. The first kappa shape index (κ1) is 25.3. The number of anilines is 1. The maximum Gasteiger partial charge on any atom is 0.403 e. The molecule has 8 nitrogen and oxygen atoms in total. The lowest BCUT2D eigenvalue weighted by Crippen LogP contribution is -2.06. The number of rotatable bonds is 11. The number of nitrogens with zero attached hydrogens (tertiary/aromatic N) is 2. The molecule has 0 radical (unpaired) electrons. The van der Waals surface area contributed by atoms with Gasteiger partial charge in [0.2, 0.25) is 0 Å². The van der Waals surface area contributed by atoms with E-state index in [0.717, 1.165) is 6.21 Å². The van der Waals surface area contributed by atoms with E-state index in [1.54, 1.807) is 24.3 Å². The second-order valence-electron chi connectivity index (χ2n) is 6.28. The van der Waals surface area contributed by atoms with Gasteiger partial charge in [0.15, 0.2) is 0 Å². The van der Waals surface area contributed by atoms with Gasteiger partial charge in [-0.1, -0.05) is 29.3 Å². The zero-order valence-corrected chi connectivity index (χ0v) is 19.0. The second-order valence-corrected chi connectivity index (χ2v) is 7.40. The summed E-state index contributed by atoms with van der Waals surface area (Å²) in [4.78, 5) is 18.5. The van der Waals surface area contributed by atoms with E-state index in [1.807, 2.05) is 0 Å². The summed E-state index contributed by atoms with van der Waals surface area (Å²) in [5, 5.41) is 16.6. The molecule has 32 heavy (non-hydrogen) atoms. The number of allylic oxidation sites excluding steroid dienone is 2. The Morgan fingerprint density at radius 2 is 2.00 bits per heavy atom. The van der Waals surface area contributed by atoms with Crippen LogP contribution in [0.5, 0.6) is 5.75 Å². The molecule has 0 fully saturated rings. The summed E-state index contributed by atoms with van der Waals surface area (Å²) < 4.78 is 10.3. The number of halogens is 3. The quantitative estimate of drug-likeness (QED) is 0.170. The van der Waals surface area contributed by atoms with E-state index in [1.165, 1.54) is 24.7 Å². The highest BCUT2D eigenvalue weighted by Gasteiger charge is 2.10. The predicted octanol–water partition coefficient (Wildman–Crippen LogP) is 5.19. The van der Waals surface area contributed by atoms with Crippen molar-refractivity contribution < 1.29 is 14.3 Å². The summed E-state index contributed by atoms with van der Waals surface area (Å²) in [5.41, 5.74) is 6.71. The van der Waals surface area contributed by atoms with Gasteiger partial charge in [-0.3, -0.25) is 9.98 Å². The van der Waals surface area contributed by atoms with Gasteiger partial charge in [-0.25, -0.2) is 4.79 Å². The van der Waals surface area contributed by atoms with Crippen LogP contribution in [0.15, 0.2) is 47.7 Å². The van der Waals surface area contributed by atoms with Crippen molar-refractivity contribution in [2.75, 3.05) is 18.9 Å². The molecule has 1 atom stereocenters. The Labute approximate surface area is 200 Å². The van der Waals surface area contributed by atoms with Crippen LogP contribution in [0.4, 0.5) is 10.5 Å². The Hall–Kier alpha value is -2.94. The van der Waals surface area contributed by atoms with E-state index < -0.39 is 11.3 Å². The average Bonchev–Trinajstić information content (AvgIpc) is 2.75. The van der Waals surface area contributed by atoms with Crippen molar-refractivity contribution in [3.63, 3.8) is 0 Å². The molecule has 0 saturated heterocycles. The lowest BCUT2D eigenvalue weighted by atomic mass is 10.0. The Kier molecular flexibility index (Phi) is 10.1. The van der Waals surface area contributed by atoms with E-state index in [4.69, 9.17) is 56.1 Å². The fourth-order valence-corrected chi connectivity index (χ4v) is 2.96. The molecular weight excluding hydrogens is 477 g/mol. The smallest absolute Gasteiger partial charge is 0.403 e. The summed E-state index contributed by atoms with van der Waals surface area (Å²) in [5.74, 6) is 0.0361. The minimum absolute atomic E-state index is 0.0440. The number of aliphatic imine (C=N–C) groups is 1. The molecule has 1 aromatic carbocycles. The van der Waals surface area contributed by atoms with Crippen LogP contribution in [-0.4, -0.2) is 41.7 Å². The summed E-state index contributed by atoms with van der Waals surface area (Å²) in [6, 6.07) is 4.95. The Balaban J connectivity index is 2.03. The van der Waals surface area contributed by atoms with Crippen LogP contribution in [0.1, 0.15) is 11.1 Å². The molecule has 0 aliphatic carbocycles. The molecule has 168 valence electrons.